The van der Waals surface area contributed by atoms with Gasteiger partial charge >= 0.3 is 0 Å². The van der Waals surface area contributed by atoms with Crippen LogP contribution in [0.15, 0.2) is 36.8 Å². The van der Waals surface area contributed by atoms with E-state index < -0.39 is 0 Å². The number of nitrogens with one attached hydrogen (secondary N) is 1. The predicted molar refractivity (Wildman–Crippen MR) is 63.3 cm³/mol. The Labute approximate surface area is 95.1 Å². The molecule has 1 aromatic carbocycles. The Morgan fingerprint density at radius 1 is 1.38 bits per heavy atom. The number of aromatic nitrogens is 2. The van der Waals surface area contributed by atoms with Gasteiger partial charge < -0.3 is 9.88 Å². The molecule has 0 fully saturated rings. The van der Waals surface area contributed by atoms with Crippen molar-refractivity contribution in [3.05, 3.63) is 53.6 Å². The molecule has 1 N–H and O–H groups in total. The van der Waals surface area contributed by atoms with Crippen LogP contribution in [0.5, 0.6) is 0 Å². The highest BCUT2D eigenvalue weighted by Gasteiger charge is 2.22. The Balaban J connectivity index is 2.08. The monoisotopic (exact) mass is 213 g/mol. The van der Waals surface area contributed by atoms with Gasteiger partial charge in [0.05, 0.1) is 24.3 Å². The molecular weight excluding hydrogens is 198 g/mol. The maximum Gasteiger partial charge on any atom is 0.0949 e. The molecule has 0 saturated carbocycles. The summed E-state index contributed by atoms with van der Waals surface area (Å²) < 4.78 is 2.23. The number of benzene rings is 1. The average molecular weight is 213 g/mol. The summed E-state index contributed by atoms with van der Waals surface area (Å²) in [6, 6.07) is 8.82. The van der Waals surface area contributed by atoms with Crippen molar-refractivity contribution in [3.8, 4) is 0 Å². The Morgan fingerprint density at radius 2 is 2.25 bits per heavy atom. The van der Waals surface area contributed by atoms with E-state index in [1.807, 2.05) is 12.5 Å². The summed E-state index contributed by atoms with van der Waals surface area (Å²) in [5.74, 6) is 0. The molecule has 2 heterocycles. The molecule has 1 unspecified atom stereocenters. The van der Waals surface area contributed by atoms with E-state index in [9.17, 15) is 0 Å². The predicted octanol–water partition coefficient (Wildman–Crippen LogP) is 1.88. The second-order valence-corrected chi connectivity index (χ2v) is 4.26. The first-order valence-electron chi connectivity index (χ1n) is 5.65. The Morgan fingerprint density at radius 3 is 3.12 bits per heavy atom. The van der Waals surface area contributed by atoms with Crippen LogP contribution >= 0.6 is 0 Å². The van der Waals surface area contributed by atoms with E-state index in [0.717, 1.165) is 13.1 Å². The van der Waals surface area contributed by atoms with Gasteiger partial charge in [0.25, 0.3) is 0 Å². The van der Waals surface area contributed by atoms with Gasteiger partial charge in [0.15, 0.2) is 0 Å². The van der Waals surface area contributed by atoms with Crippen molar-refractivity contribution in [2.45, 2.75) is 19.5 Å². The van der Waals surface area contributed by atoms with Crippen molar-refractivity contribution in [1.29, 1.82) is 0 Å². The van der Waals surface area contributed by atoms with Crippen molar-refractivity contribution in [2.24, 2.45) is 0 Å². The second-order valence-electron chi connectivity index (χ2n) is 4.26. The quantitative estimate of drug-likeness (QED) is 0.784. The number of hydrogen-bond donors (Lipinski definition) is 1. The summed E-state index contributed by atoms with van der Waals surface area (Å²) in [4.78, 5) is 4.23. The standard InChI is InChI=1S/C13H15N3/c1-10-4-2-3-5-11(10)13-12-8-14-9-16(12)7-6-15-13/h2-5,8-9,13,15H,6-7H2,1H3. The third-order valence-corrected chi connectivity index (χ3v) is 3.24. The van der Waals surface area contributed by atoms with Crippen molar-refractivity contribution in [1.82, 2.24) is 14.9 Å². The van der Waals surface area contributed by atoms with E-state index in [0.29, 0.717) is 0 Å². The van der Waals surface area contributed by atoms with Crippen LogP contribution in [0.3, 0.4) is 0 Å². The van der Waals surface area contributed by atoms with Crippen LogP contribution in [0.1, 0.15) is 22.9 Å². The number of hydrogen-bond acceptors (Lipinski definition) is 2. The molecule has 0 radical (unpaired) electrons. The molecule has 3 rings (SSSR count). The first-order chi connectivity index (χ1) is 7.86. The Bertz CT molecular complexity index is 501. The van der Waals surface area contributed by atoms with Gasteiger partial charge in [0.2, 0.25) is 0 Å². The summed E-state index contributed by atoms with van der Waals surface area (Å²) in [5, 5.41) is 3.56. The zero-order chi connectivity index (χ0) is 11.0. The van der Waals surface area contributed by atoms with Gasteiger partial charge in [-0.15, -0.1) is 0 Å². The van der Waals surface area contributed by atoms with E-state index >= 15 is 0 Å². The first kappa shape index (κ1) is 9.60. The molecule has 0 saturated heterocycles. The molecule has 1 aliphatic rings. The number of rotatable bonds is 1. The SMILES string of the molecule is Cc1ccccc1C1NCCn2cncc21. The molecule has 0 aliphatic carbocycles. The fraction of sp³-hybridized carbons (Fsp3) is 0.308. The number of imidazole rings is 1. The maximum atomic E-state index is 4.23. The second kappa shape index (κ2) is 3.76. The smallest absolute Gasteiger partial charge is 0.0949 e. The third-order valence-electron chi connectivity index (χ3n) is 3.24. The number of nitrogens with zero attached hydrogens (tertiary/aromatic N) is 2. The van der Waals surface area contributed by atoms with Gasteiger partial charge in [-0.3, -0.25) is 0 Å². The fourth-order valence-corrected chi connectivity index (χ4v) is 2.37. The summed E-state index contributed by atoms with van der Waals surface area (Å²) in [5.41, 5.74) is 3.94. The fourth-order valence-electron chi connectivity index (χ4n) is 2.37. The lowest BCUT2D eigenvalue weighted by molar-refractivity contribution is 0.466. The number of aryl methyl sites for hydroxylation is 1. The minimum absolute atomic E-state index is 0.289. The lowest BCUT2D eigenvalue weighted by Crippen LogP contribution is -2.33. The molecule has 0 spiro atoms. The molecule has 1 atom stereocenters. The molecule has 1 aliphatic heterocycles. The highest BCUT2D eigenvalue weighted by molar-refractivity contribution is 5.34. The minimum Gasteiger partial charge on any atom is -0.332 e. The van der Waals surface area contributed by atoms with Crippen LogP contribution in [0.4, 0.5) is 0 Å². The maximum absolute atomic E-state index is 4.23. The van der Waals surface area contributed by atoms with E-state index in [-0.39, 0.29) is 6.04 Å². The third kappa shape index (κ3) is 1.44. The van der Waals surface area contributed by atoms with Gasteiger partial charge in [0.1, 0.15) is 0 Å². The molecule has 16 heavy (non-hydrogen) atoms. The lowest BCUT2D eigenvalue weighted by Gasteiger charge is -2.27. The molecule has 2 aromatic rings. The van der Waals surface area contributed by atoms with Crippen LogP contribution in [-0.4, -0.2) is 16.1 Å². The summed E-state index contributed by atoms with van der Waals surface area (Å²) in [6.45, 7) is 4.17. The van der Waals surface area contributed by atoms with Gasteiger partial charge in [-0.25, -0.2) is 4.98 Å². The zero-order valence-corrected chi connectivity index (χ0v) is 9.35. The Kier molecular flexibility index (Phi) is 2.26. The summed E-state index contributed by atoms with van der Waals surface area (Å²) in [7, 11) is 0. The number of fused-ring (bicyclic) bond motifs is 1. The van der Waals surface area contributed by atoms with E-state index in [1.54, 1.807) is 0 Å². The van der Waals surface area contributed by atoms with Gasteiger partial charge in [-0.2, -0.15) is 0 Å². The van der Waals surface area contributed by atoms with Crippen LogP contribution < -0.4 is 5.32 Å². The molecule has 0 bridgehead atoms. The first-order valence-corrected chi connectivity index (χ1v) is 5.65. The molecule has 82 valence electrons. The van der Waals surface area contributed by atoms with Crippen LogP contribution in [-0.2, 0) is 6.54 Å². The molecule has 3 nitrogen and oxygen atoms in total. The largest absolute Gasteiger partial charge is 0.332 e. The van der Waals surface area contributed by atoms with Gasteiger partial charge in [0, 0.05) is 13.1 Å². The molecular formula is C13H15N3. The molecule has 0 amide bonds. The topological polar surface area (TPSA) is 29.9 Å². The van der Waals surface area contributed by atoms with Crippen LogP contribution in [0.25, 0.3) is 0 Å². The average Bonchev–Trinajstić information content (AvgIpc) is 2.77. The van der Waals surface area contributed by atoms with Crippen LogP contribution in [0, 0.1) is 6.92 Å². The minimum atomic E-state index is 0.289. The van der Waals surface area contributed by atoms with Crippen molar-refractivity contribution in [2.75, 3.05) is 6.54 Å². The van der Waals surface area contributed by atoms with Gasteiger partial charge in [-0.05, 0) is 18.1 Å². The summed E-state index contributed by atoms with van der Waals surface area (Å²) in [6.07, 6.45) is 3.88. The van der Waals surface area contributed by atoms with E-state index in [2.05, 4.69) is 46.1 Å². The highest BCUT2D eigenvalue weighted by Crippen LogP contribution is 2.26. The molecule has 1 aromatic heterocycles. The molecule has 3 heteroatoms. The lowest BCUT2D eigenvalue weighted by atomic mass is 9.98. The van der Waals surface area contributed by atoms with Crippen molar-refractivity contribution < 1.29 is 0 Å². The summed E-state index contributed by atoms with van der Waals surface area (Å²) >= 11 is 0. The Hall–Kier alpha value is -1.61. The highest BCUT2D eigenvalue weighted by atomic mass is 15.1. The van der Waals surface area contributed by atoms with Crippen LogP contribution in [0.2, 0.25) is 0 Å². The van der Waals surface area contributed by atoms with Gasteiger partial charge in [-0.1, -0.05) is 24.3 Å². The van der Waals surface area contributed by atoms with E-state index in [4.69, 9.17) is 0 Å². The normalized spacial score (nSPS) is 19.4. The van der Waals surface area contributed by atoms with Crippen molar-refractivity contribution in [3.63, 3.8) is 0 Å². The van der Waals surface area contributed by atoms with Crippen molar-refractivity contribution >= 4 is 0 Å². The van der Waals surface area contributed by atoms with E-state index in [1.165, 1.54) is 16.8 Å². The zero-order valence-electron chi connectivity index (χ0n) is 9.35.